The molecule has 0 fully saturated rings. The third-order valence-corrected chi connectivity index (χ3v) is 8.37. The molecule has 0 saturated heterocycles. The lowest BCUT2D eigenvalue weighted by atomic mass is 9.89. The summed E-state index contributed by atoms with van der Waals surface area (Å²) >= 11 is 0. The molecule has 0 spiro atoms. The van der Waals surface area contributed by atoms with Gasteiger partial charge < -0.3 is 9.47 Å². The van der Waals surface area contributed by atoms with Gasteiger partial charge in [-0.2, -0.15) is 0 Å². The lowest BCUT2D eigenvalue weighted by Gasteiger charge is -2.34. The molecule has 7 aromatic rings. The Balaban J connectivity index is 1.55. The van der Waals surface area contributed by atoms with Crippen molar-refractivity contribution in [2.24, 2.45) is 0 Å². The molecule has 0 atom stereocenters. The highest BCUT2D eigenvalue weighted by Gasteiger charge is 2.28. The van der Waals surface area contributed by atoms with Crippen LogP contribution in [0.25, 0.3) is 49.4 Å². The second-order valence-electron chi connectivity index (χ2n) is 11.4. The van der Waals surface area contributed by atoms with Crippen molar-refractivity contribution in [1.29, 1.82) is 0 Å². The third kappa shape index (κ3) is 3.29. The van der Waals surface area contributed by atoms with E-state index in [1.165, 1.54) is 88.7 Å². The van der Waals surface area contributed by atoms with E-state index in [-0.39, 0.29) is 0 Å². The van der Waals surface area contributed by atoms with Crippen LogP contribution in [0.2, 0.25) is 0 Å². The van der Waals surface area contributed by atoms with Gasteiger partial charge in [-0.15, -0.1) is 0 Å². The van der Waals surface area contributed by atoms with Crippen LogP contribution < -0.4 is 4.90 Å². The van der Waals surface area contributed by atoms with Crippen LogP contribution in [-0.4, -0.2) is 4.57 Å². The zero-order valence-electron chi connectivity index (χ0n) is 23.3. The number of para-hydroxylation sites is 1. The number of anilines is 3. The van der Waals surface area contributed by atoms with Gasteiger partial charge in [0, 0.05) is 33.1 Å². The van der Waals surface area contributed by atoms with Gasteiger partial charge >= 0.3 is 0 Å². The van der Waals surface area contributed by atoms with Gasteiger partial charge in [0.2, 0.25) is 0 Å². The van der Waals surface area contributed by atoms with E-state index in [2.05, 4.69) is 146 Å². The maximum Gasteiger partial charge on any atom is 0.0562 e. The Kier molecular flexibility index (Phi) is 4.82. The number of nitrogens with zero attached hydrogens (tertiary/aromatic N) is 2. The second kappa shape index (κ2) is 8.34. The Morgan fingerprint density at radius 2 is 1.10 bits per heavy atom. The van der Waals surface area contributed by atoms with Crippen molar-refractivity contribution in [2.45, 2.75) is 27.7 Å². The summed E-state index contributed by atoms with van der Waals surface area (Å²) in [5, 5.41) is 5.15. The van der Waals surface area contributed by atoms with Crippen molar-refractivity contribution < 1.29 is 0 Å². The highest BCUT2D eigenvalue weighted by Crippen LogP contribution is 2.53. The molecule has 0 radical (unpaired) electrons. The van der Waals surface area contributed by atoms with E-state index in [0.29, 0.717) is 0 Å². The molecule has 0 saturated carbocycles. The molecule has 0 aliphatic carbocycles. The highest BCUT2D eigenvalue weighted by atomic mass is 15.2. The molecule has 2 heterocycles. The molecule has 0 N–H and O–H groups in total. The van der Waals surface area contributed by atoms with E-state index in [1.54, 1.807) is 0 Å². The van der Waals surface area contributed by atoms with Crippen LogP contribution in [0.5, 0.6) is 0 Å². The van der Waals surface area contributed by atoms with E-state index in [9.17, 15) is 0 Å². The summed E-state index contributed by atoms with van der Waals surface area (Å²) in [4.78, 5) is 2.48. The number of benzene rings is 6. The van der Waals surface area contributed by atoms with Crippen molar-refractivity contribution in [1.82, 2.24) is 4.57 Å². The van der Waals surface area contributed by atoms with Gasteiger partial charge in [0.05, 0.1) is 22.4 Å². The molecule has 6 aromatic carbocycles. The average Bonchev–Trinajstić information content (AvgIpc) is 3.25. The van der Waals surface area contributed by atoms with Crippen molar-refractivity contribution in [3.05, 3.63) is 131 Å². The summed E-state index contributed by atoms with van der Waals surface area (Å²) in [7, 11) is 0. The third-order valence-electron chi connectivity index (χ3n) is 8.37. The van der Waals surface area contributed by atoms with Crippen molar-refractivity contribution in [2.75, 3.05) is 4.90 Å². The van der Waals surface area contributed by atoms with Gasteiger partial charge in [-0.05, 0) is 109 Å². The molecule has 40 heavy (non-hydrogen) atoms. The summed E-state index contributed by atoms with van der Waals surface area (Å²) in [5.41, 5.74) is 15.0. The molecule has 1 aliphatic heterocycles. The molecule has 8 rings (SSSR count). The smallest absolute Gasteiger partial charge is 0.0562 e. The fourth-order valence-electron chi connectivity index (χ4n) is 6.98. The highest BCUT2D eigenvalue weighted by molar-refractivity contribution is 6.19. The molecule has 1 aromatic heterocycles. The van der Waals surface area contributed by atoms with Crippen LogP contribution in [-0.2, 0) is 0 Å². The normalized spacial score (nSPS) is 12.4. The molecule has 2 heteroatoms. The summed E-state index contributed by atoms with van der Waals surface area (Å²) in [6, 6.07) is 40.8. The van der Waals surface area contributed by atoms with Crippen LogP contribution in [0.1, 0.15) is 22.3 Å². The predicted molar refractivity (Wildman–Crippen MR) is 171 cm³/mol. The fourth-order valence-corrected chi connectivity index (χ4v) is 6.98. The van der Waals surface area contributed by atoms with Gasteiger partial charge in [0.15, 0.2) is 0 Å². The quantitative estimate of drug-likeness (QED) is 0.223. The molecular formula is C38H30N2. The Labute approximate surface area is 234 Å². The van der Waals surface area contributed by atoms with E-state index in [1.807, 2.05) is 0 Å². The van der Waals surface area contributed by atoms with Gasteiger partial charge in [-0.1, -0.05) is 60.7 Å². The molecule has 192 valence electrons. The van der Waals surface area contributed by atoms with Gasteiger partial charge in [0.25, 0.3) is 0 Å². The zero-order valence-corrected chi connectivity index (χ0v) is 23.3. The Morgan fingerprint density at radius 1 is 0.450 bits per heavy atom. The molecule has 0 unspecified atom stereocenters. The Bertz CT molecular complexity index is 2120. The van der Waals surface area contributed by atoms with Gasteiger partial charge in [-0.25, -0.2) is 0 Å². The first kappa shape index (κ1) is 23.1. The van der Waals surface area contributed by atoms with Crippen LogP contribution in [0, 0.1) is 27.7 Å². The first-order valence-corrected chi connectivity index (χ1v) is 14.0. The first-order valence-electron chi connectivity index (χ1n) is 14.0. The largest absolute Gasteiger partial charge is 0.309 e. The minimum absolute atomic E-state index is 1.20. The number of rotatable bonds is 2. The predicted octanol–water partition coefficient (Wildman–Crippen LogP) is 10.6. The topological polar surface area (TPSA) is 8.17 Å². The van der Waals surface area contributed by atoms with Gasteiger partial charge in [0.1, 0.15) is 0 Å². The van der Waals surface area contributed by atoms with E-state index in [0.717, 1.165) is 0 Å². The Morgan fingerprint density at radius 3 is 1.82 bits per heavy atom. The Hall–Kier alpha value is -4.82. The number of fused-ring (bicyclic) bond motifs is 5. The van der Waals surface area contributed by atoms with E-state index in [4.69, 9.17) is 0 Å². The average molecular weight is 515 g/mol. The number of hydrogen-bond acceptors (Lipinski definition) is 1. The number of aromatic nitrogens is 1. The zero-order chi connectivity index (χ0) is 27.1. The van der Waals surface area contributed by atoms with E-state index < -0.39 is 0 Å². The summed E-state index contributed by atoms with van der Waals surface area (Å²) in [5.74, 6) is 0. The van der Waals surface area contributed by atoms with Crippen LogP contribution in [0.3, 0.4) is 0 Å². The van der Waals surface area contributed by atoms with Crippen molar-refractivity contribution in [3.63, 3.8) is 0 Å². The molecule has 0 amide bonds. The first-order chi connectivity index (χ1) is 19.5. The van der Waals surface area contributed by atoms with Crippen LogP contribution in [0.15, 0.2) is 109 Å². The minimum atomic E-state index is 1.20. The minimum Gasteiger partial charge on any atom is -0.309 e. The second-order valence-corrected chi connectivity index (χ2v) is 11.4. The summed E-state index contributed by atoms with van der Waals surface area (Å²) in [6.07, 6.45) is 0. The van der Waals surface area contributed by atoms with Gasteiger partial charge in [-0.3, -0.25) is 0 Å². The van der Waals surface area contributed by atoms with Crippen LogP contribution in [0.4, 0.5) is 17.1 Å². The lowest BCUT2D eigenvalue weighted by Crippen LogP contribution is -2.15. The van der Waals surface area contributed by atoms with Crippen molar-refractivity contribution >= 4 is 49.6 Å². The van der Waals surface area contributed by atoms with E-state index >= 15 is 0 Å². The number of aryl methyl sites for hydroxylation is 4. The SMILES string of the molecule is Cc1cc(C)cc(N2c3cc4c(cc3-c3cccc5cccc2c35)c2ccccc2n4-c2cc(C)cc(C)c2)c1. The monoisotopic (exact) mass is 514 g/mol. The van der Waals surface area contributed by atoms with Crippen LogP contribution >= 0.6 is 0 Å². The maximum atomic E-state index is 2.48. The molecule has 2 nitrogen and oxygen atoms in total. The standard InChI is InChI=1S/C38H30N2/c1-23-15-24(2)18-28(17-23)39-34-13-6-5-11-30(34)32-21-33-31-12-7-9-27-10-8-14-35(38(27)31)40(37(33)22-36(32)39)29-19-25(3)16-26(4)20-29/h5-22H,1-4H3. The molecular weight excluding hydrogens is 484 g/mol. The fraction of sp³-hybridized carbons (Fsp3) is 0.105. The lowest BCUT2D eigenvalue weighted by molar-refractivity contribution is 1.16. The maximum absolute atomic E-state index is 2.48. The molecule has 1 aliphatic rings. The van der Waals surface area contributed by atoms with Crippen molar-refractivity contribution in [3.8, 4) is 16.8 Å². The number of hydrogen-bond donors (Lipinski definition) is 0. The molecule has 0 bridgehead atoms. The summed E-state index contributed by atoms with van der Waals surface area (Å²) < 4.78 is 2.45. The summed E-state index contributed by atoms with van der Waals surface area (Å²) in [6.45, 7) is 8.76.